The summed E-state index contributed by atoms with van der Waals surface area (Å²) in [6.45, 7) is 7.09. The van der Waals surface area contributed by atoms with Crippen molar-refractivity contribution in [3.05, 3.63) is 71.9 Å². The van der Waals surface area contributed by atoms with Crippen molar-refractivity contribution in [1.29, 1.82) is 0 Å². The van der Waals surface area contributed by atoms with E-state index in [1.54, 1.807) is 0 Å². The van der Waals surface area contributed by atoms with Crippen LogP contribution in [0.5, 0.6) is 0 Å². The van der Waals surface area contributed by atoms with E-state index in [2.05, 4.69) is 57.8 Å². The molecule has 4 rings (SSSR count). The Bertz CT molecular complexity index is 1010. The van der Waals surface area contributed by atoms with Gasteiger partial charge >= 0.3 is 6.03 Å². The van der Waals surface area contributed by atoms with Crippen LogP contribution < -0.4 is 10.6 Å². The van der Waals surface area contributed by atoms with Gasteiger partial charge in [-0.2, -0.15) is 0 Å². The first-order valence-corrected chi connectivity index (χ1v) is 11.3. The molecule has 1 aliphatic heterocycles. The Labute approximate surface area is 184 Å². The van der Waals surface area contributed by atoms with Crippen molar-refractivity contribution in [2.24, 2.45) is 5.92 Å². The van der Waals surface area contributed by atoms with E-state index < -0.39 is 0 Å². The molecule has 2 aromatic carbocycles. The SMILES string of the molecule is Cc1cc(NC(=O)N[C@@H](C)CN2CCC(Cc3ccccc3)CC2)c2ccccc2n1. The fourth-order valence-corrected chi connectivity index (χ4v) is 4.55. The van der Waals surface area contributed by atoms with Crippen molar-refractivity contribution in [2.45, 2.75) is 39.2 Å². The smallest absolute Gasteiger partial charge is 0.319 e. The molecule has 1 saturated heterocycles. The molecule has 162 valence electrons. The number of carbonyl (C=O) groups excluding carboxylic acids is 1. The molecule has 1 aliphatic rings. The van der Waals surface area contributed by atoms with Crippen LogP contribution in [0.2, 0.25) is 0 Å². The second kappa shape index (κ2) is 9.92. The summed E-state index contributed by atoms with van der Waals surface area (Å²) in [4.78, 5) is 19.6. The normalized spacial score (nSPS) is 16.2. The number of hydrogen-bond donors (Lipinski definition) is 2. The highest BCUT2D eigenvalue weighted by Crippen LogP contribution is 2.23. The van der Waals surface area contributed by atoms with Crippen LogP contribution >= 0.6 is 0 Å². The molecule has 5 nitrogen and oxygen atoms in total. The first kappa shape index (κ1) is 21.3. The van der Waals surface area contributed by atoms with Gasteiger partial charge in [0.15, 0.2) is 0 Å². The number of hydrogen-bond acceptors (Lipinski definition) is 3. The van der Waals surface area contributed by atoms with Crippen molar-refractivity contribution >= 4 is 22.6 Å². The molecule has 0 unspecified atom stereocenters. The van der Waals surface area contributed by atoms with E-state index in [1.807, 2.05) is 37.3 Å². The minimum absolute atomic E-state index is 0.0832. The van der Waals surface area contributed by atoms with E-state index in [4.69, 9.17) is 0 Å². The maximum absolute atomic E-state index is 12.6. The highest BCUT2D eigenvalue weighted by molar-refractivity contribution is 6.00. The molecule has 0 aliphatic carbocycles. The lowest BCUT2D eigenvalue weighted by molar-refractivity contribution is 0.171. The zero-order valence-electron chi connectivity index (χ0n) is 18.5. The Balaban J connectivity index is 1.25. The Kier molecular flexibility index (Phi) is 6.82. The van der Waals surface area contributed by atoms with Gasteiger partial charge in [-0.25, -0.2) is 4.79 Å². The molecule has 5 heteroatoms. The zero-order chi connectivity index (χ0) is 21.6. The van der Waals surface area contributed by atoms with Gasteiger partial charge in [-0.3, -0.25) is 4.98 Å². The minimum atomic E-state index is -0.165. The number of piperidine rings is 1. The first-order valence-electron chi connectivity index (χ1n) is 11.3. The highest BCUT2D eigenvalue weighted by Gasteiger charge is 2.21. The predicted octanol–water partition coefficient (Wildman–Crippen LogP) is 5.01. The maximum Gasteiger partial charge on any atom is 0.319 e. The van der Waals surface area contributed by atoms with Gasteiger partial charge in [0.25, 0.3) is 0 Å². The summed E-state index contributed by atoms with van der Waals surface area (Å²) in [7, 11) is 0. The minimum Gasteiger partial charge on any atom is -0.334 e. The number of rotatable bonds is 6. The summed E-state index contributed by atoms with van der Waals surface area (Å²) in [6, 6.07) is 20.5. The van der Waals surface area contributed by atoms with Crippen LogP contribution in [0.15, 0.2) is 60.7 Å². The van der Waals surface area contributed by atoms with Gasteiger partial charge < -0.3 is 15.5 Å². The summed E-state index contributed by atoms with van der Waals surface area (Å²) in [5, 5.41) is 7.07. The Hall–Kier alpha value is -2.92. The summed E-state index contributed by atoms with van der Waals surface area (Å²) in [5.41, 5.74) is 4.02. The lowest BCUT2D eigenvalue weighted by atomic mass is 9.90. The quantitative estimate of drug-likeness (QED) is 0.594. The summed E-state index contributed by atoms with van der Waals surface area (Å²) in [5.74, 6) is 0.758. The van der Waals surface area contributed by atoms with E-state index in [1.165, 1.54) is 24.8 Å². The second-order valence-electron chi connectivity index (χ2n) is 8.76. The van der Waals surface area contributed by atoms with Gasteiger partial charge in [0.2, 0.25) is 0 Å². The Morgan fingerprint density at radius 1 is 1.10 bits per heavy atom. The molecule has 3 aromatic rings. The number of urea groups is 1. The number of aryl methyl sites for hydroxylation is 1. The van der Waals surface area contributed by atoms with Gasteiger partial charge in [-0.15, -0.1) is 0 Å². The number of amides is 2. The number of likely N-dealkylation sites (tertiary alicyclic amines) is 1. The van der Waals surface area contributed by atoms with Crippen molar-refractivity contribution in [3.8, 4) is 0 Å². The van der Waals surface area contributed by atoms with Gasteiger partial charge in [-0.1, -0.05) is 48.5 Å². The molecule has 1 aromatic heterocycles. The molecule has 0 bridgehead atoms. The van der Waals surface area contributed by atoms with Crippen molar-refractivity contribution in [1.82, 2.24) is 15.2 Å². The lowest BCUT2D eigenvalue weighted by Crippen LogP contribution is -2.46. The fraction of sp³-hybridized carbons (Fsp3) is 0.385. The van der Waals surface area contributed by atoms with Crippen molar-refractivity contribution in [3.63, 3.8) is 0 Å². The predicted molar refractivity (Wildman–Crippen MR) is 127 cm³/mol. The molecule has 2 heterocycles. The van der Waals surface area contributed by atoms with Crippen LogP contribution in [-0.2, 0) is 6.42 Å². The number of carbonyl (C=O) groups is 1. The van der Waals surface area contributed by atoms with Crippen LogP contribution in [0.4, 0.5) is 10.5 Å². The number of nitrogens with one attached hydrogen (secondary N) is 2. The van der Waals surface area contributed by atoms with E-state index in [-0.39, 0.29) is 12.1 Å². The maximum atomic E-state index is 12.6. The molecule has 0 spiro atoms. The third-order valence-electron chi connectivity index (χ3n) is 6.08. The molecule has 31 heavy (non-hydrogen) atoms. The molecule has 0 radical (unpaired) electrons. The van der Waals surface area contributed by atoms with Crippen LogP contribution in [0.25, 0.3) is 10.9 Å². The average Bonchev–Trinajstić information content (AvgIpc) is 2.75. The third kappa shape index (κ3) is 5.82. The number of para-hydroxylation sites is 1. The summed E-state index contributed by atoms with van der Waals surface area (Å²) >= 11 is 0. The largest absolute Gasteiger partial charge is 0.334 e. The van der Waals surface area contributed by atoms with E-state index in [0.717, 1.165) is 47.8 Å². The van der Waals surface area contributed by atoms with E-state index in [9.17, 15) is 4.79 Å². The topological polar surface area (TPSA) is 57.3 Å². The monoisotopic (exact) mass is 416 g/mol. The van der Waals surface area contributed by atoms with Crippen LogP contribution in [0.1, 0.15) is 31.0 Å². The zero-order valence-corrected chi connectivity index (χ0v) is 18.5. The van der Waals surface area contributed by atoms with E-state index in [0.29, 0.717) is 0 Å². The number of aromatic nitrogens is 1. The number of pyridine rings is 1. The van der Waals surface area contributed by atoms with Gasteiger partial charge in [0, 0.05) is 23.7 Å². The standard InChI is InChI=1S/C26H32N4O/c1-19-16-25(23-10-6-7-11-24(23)27-19)29-26(31)28-20(2)18-30-14-12-22(13-15-30)17-21-8-4-3-5-9-21/h3-11,16,20,22H,12-15,17-18H2,1-2H3,(H2,27,28,29,31)/t20-/m0/s1. The van der Waals surface area contributed by atoms with Crippen LogP contribution in [0.3, 0.4) is 0 Å². The molecular weight excluding hydrogens is 384 g/mol. The van der Waals surface area contributed by atoms with Crippen molar-refractivity contribution in [2.75, 3.05) is 25.0 Å². The summed E-state index contributed by atoms with van der Waals surface area (Å²) < 4.78 is 0. The second-order valence-corrected chi connectivity index (χ2v) is 8.76. The number of nitrogens with zero attached hydrogens (tertiary/aromatic N) is 2. The molecule has 1 fully saturated rings. The molecule has 0 saturated carbocycles. The third-order valence-corrected chi connectivity index (χ3v) is 6.08. The molecule has 2 N–H and O–H groups in total. The fourth-order valence-electron chi connectivity index (χ4n) is 4.55. The Morgan fingerprint density at radius 2 is 1.81 bits per heavy atom. The van der Waals surface area contributed by atoms with Gasteiger partial charge in [0.05, 0.1) is 11.2 Å². The highest BCUT2D eigenvalue weighted by atomic mass is 16.2. The van der Waals surface area contributed by atoms with Gasteiger partial charge in [0.1, 0.15) is 0 Å². The van der Waals surface area contributed by atoms with Crippen LogP contribution in [-0.4, -0.2) is 41.6 Å². The summed E-state index contributed by atoms with van der Waals surface area (Å²) in [6.07, 6.45) is 3.61. The number of anilines is 1. The number of fused-ring (bicyclic) bond motifs is 1. The average molecular weight is 417 g/mol. The molecular formula is C26H32N4O. The van der Waals surface area contributed by atoms with Crippen molar-refractivity contribution < 1.29 is 4.79 Å². The lowest BCUT2D eigenvalue weighted by Gasteiger charge is -2.33. The molecule has 1 atom stereocenters. The first-order chi connectivity index (χ1) is 15.1. The molecule has 2 amide bonds. The Morgan fingerprint density at radius 3 is 2.58 bits per heavy atom. The van der Waals surface area contributed by atoms with Crippen LogP contribution in [0, 0.1) is 12.8 Å². The number of benzene rings is 2. The van der Waals surface area contributed by atoms with E-state index >= 15 is 0 Å². The van der Waals surface area contributed by atoms with Gasteiger partial charge in [-0.05, 0) is 69.8 Å².